The highest BCUT2D eigenvalue weighted by atomic mass is 35.5. The van der Waals surface area contributed by atoms with Crippen molar-refractivity contribution >= 4 is 34.1 Å². The van der Waals surface area contributed by atoms with Gasteiger partial charge in [-0.25, -0.2) is 0 Å². The van der Waals surface area contributed by atoms with Crippen LogP contribution in [0.1, 0.15) is 40.4 Å². The van der Waals surface area contributed by atoms with Gasteiger partial charge in [0.05, 0.1) is 23.9 Å². The number of hydrogen-bond donors (Lipinski definition) is 1. The second-order valence-corrected chi connectivity index (χ2v) is 7.05. The number of fused-ring (bicyclic) bond motifs is 1. The Morgan fingerprint density at radius 3 is 2.73 bits per heavy atom. The molecule has 1 fully saturated rings. The summed E-state index contributed by atoms with van der Waals surface area (Å²) in [6.45, 7) is 1.89. The van der Waals surface area contributed by atoms with Crippen LogP contribution in [-0.4, -0.2) is 18.0 Å². The predicted molar refractivity (Wildman–Crippen MR) is 104 cm³/mol. The van der Waals surface area contributed by atoms with Crippen molar-refractivity contribution in [1.82, 2.24) is 4.98 Å². The Kier molecular flexibility index (Phi) is 4.29. The smallest absolute Gasteiger partial charge is 0.256 e. The molecule has 4 nitrogen and oxygen atoms in total. The third-order valence-electron chi connectivity index (χ3n) is 4.71. The highest BCUT2D eigenvalue weighted by Crippen LogP contribution is 2.40. The molecule has 0 radical (unpaired) electrons. The summed E-state index contributed by atoms with van der Waals surface area (Å²) >= 11 is 6.16. The third kappa shape index (κ3) is 3.13. The first-order valence-electron chi connectivity index (χ1n) is 8.62. The predicted octanol–water partition coefficient (Wildman–Crippen LogP) is 5.33. The molecule has 0 saturated heterocycles. The van der Waals surface area contributed by atoms with Crippen LogP contribution < -0.4 is 10.1 Å². The van der Waals surface area contributed by atoms with E-state index in [4.69, 9.17) is 21.3 Å². The summed E-state index contributed by atoms with van der Waals surface area (Å²) in [4.78, 5) is 17.8. The average Bonchev–Trinajstić information content (AvgIpc) is 3.48. The van der Waals surface area contributed by atoms with Crippen LogP contribution in [0, 0.1) is 6.92 Å². The number of halogens is 1. The molecule has 1 saturated carbocycles. The molecular weight excluding hydrogens is 348 g/mol. The van der Waals surface area contributed by atoms with Gasteiger partial charge in [-0.15, -0.1) is 0 Å². The van der Waals surface area contributed by atoms with E-state index in [0.29, 0.717) is 27.9 Å². The molecule has 1 amide bonds. The topological polar surface area (TPSA) is 51.2 Å². The molecule has 0 spiro atoms. The molecule has 0 unspecified atom stereocenters. The summed E-state index contributed by atoms with van der Waals surface area (Å²) in [5, 5.41) is 4.42. The zero-order valence-corrected chi connectivity index (χ0v) is 15.4. The van der Waals surface area contributed by atoms with E-state index in [-0.39, 0.29) is 5.91 Å². The number of carbonyl (C=O) groups is 1. The van der Waals surface area contributed by atoms with Gasteiger partial charge < -0.3 is 10.1 Å². The van der Waals surface area contributed by atoms with Crippen molar-refractivity contribution < 1.29 is 9.53 Å². The molecule has 132 valence electrons. The number of carbonyl (C=O) groups excluding carboxylic acids is 1. The Bertz CT molecular complexity index is 1010. The van der Waals surface area contributed by atoms with Crippen molar-refractivity contribution in [3.8, 4) is 5.75 Å². The number of pyridine rings is 1. The highest BCUT2D eigenvalue weighted by molar-refractivity contribution is 6.31. The van der Waals surface area contributed by atoms with Crippen LogP contribution in [0.3, 0.4) is 0 Å². The van der Waals surface area contributed by atoms with E-state index in [0.717, 1.165) is 35.0 Å². The molecule has 3 aromatic rings. The third-order valence-corrected chi connectivity index (χ3v) is 5.11. The minimum Gasteiger partial charge on any atom is -0.495 e. The number of methoxy groups -OCH3 is 1. The van der Waals surface area contributed by atoms with Crippen LogP contribution in [0.25, 0.3) is 10.9 Å². The molecule has 26 heavy (non-hydrogen) atoms. The number of aromatic nitrogens is 1. The van der Waals surface area contributed by atoms with E-state index in [9.17, 15) is 4.79 Å². The van der Waals surface area contributed by atoms with E-state index in [1.807, 2.05) is 43.3 Å². The lowest BCUT2D eigenvalue weighted by Crippen LogP contribution is -2.14. The highest BCUT2D eigenvalue weighted by Gasteiger charge is 2.27. The van der Waals surface area contributed by atoms with Gasteiger partial charge in [0.2, 0.25) is 0 Å². The zero-order chi connectivity index (χ0) is 18.3. The number of amides is 1. The zero-order valence-electron chi connectivity index (χ0n) is 14.7. The van der Waals surface area contributed by atoms with Crippen molar-refractivity contribution in [1.29, 1.82) is 0 Å². The summed E-state index contributed by atoms with van der Waals surface area (Å²) in [6.07, 6.45) is 2.27. The van der Waals surface area contributed by atoms with Crippen molar-refractivity contribution in [3.05, 3.63) is 64.3 Å². The Balaban J connectivity index is 1.76. The monoisotopic (exact) mass is 366 g/mol. The molecule has 0 atom stereocenters. The SMILES string of the molecule is COc1cc(Cl)c(C)cc1NC(=O)c1cc(C2CC2)nc2ccccc12. The number of nitrogens with one attached hydrogen (secondary N) is 1. The lowest BCUT2D eigenvalue weighted by atomic mass is 10.0. The molecule has 2 aromatic carbocycles. The van der Waals surface area contributed by atoms with E-state index in [2.05, 4.69) is 5.32 Å². The van der Waals surface area contributed by atoms with E-state index >= 15 is 0 Å². The first kappa shape index (κ1) is 16.9. The summed E-state index contributed by atoms with van der Waals surface area (Å²) < 4.78 is 5.37. The summed E-state index contributed by atoms with van der Waals surface area (Å²) in [5.74, 6) is 0.832. The van der Waals surface area contributed by atoms with Gasteiger partial charge in [-0.05, 0) is 43.5 Å². The minimum atomic E-state index is -0.175. The summed E-state index contributed by atoms with van der Waals surface area (Å²) in [6, 6.07) is 13.2. The van der Waals surface area contributed by atoms with Crippen LogP contribution in [0.15, 0.2) is 42.5 Å². The number of para-hydroxylation sites is 1. The Labute approximate surface area is 157 Å². The molecule has 0 bridgehead atoms. The Morgan fingerprint density at radius 2 is 2.00 bits per heavy atom. The largest absolute Gasteiger partial charge is 0.495 e. The fraction of sp³-hybridized carbons (Fsp3) is 0.238. The van der Waals surface area contributed by atoms with Gasteiger partial charge in [-0.3, -0.25) is 9.78 Å². The quantitative estimate of drug-likeness (QED) is 0.678. The average molecular weight is 367 g/mol. The van der Waals surface area contributed by atoms with Crippen LogP contribution >= 0.6 is 11.6 Å². The molecule has 1 N–H and O–H groups in total. The molecular formula is C21H19ClN2O2. The lowest BCUT2D eigenvalue weighted by Gasteiger charge is -2.14. The Morgan fingerprint density at radius 1 is 1.23 bits per heavy atom. The van der Waals surface area contributed by atoms with Gasteiger partial charge in [-0.1, -0.05) is 29.8 Å². The summed E-state index contributed by atoms with van der Waals surface area (Å²) in [5.41, 5.74) is 3.95. The molecule has 1 aliphatic rings. The van der Waals surface area contributed by atoms with Gasteiger partial charge in [-0.2, -0.15) is 0 Å². The maximum absolute atomic E-state index is 13.1. The van der Waals surface area contributed by atoms with Crippen LogP contribution in [-0.2, 0) is 0 Å². The van der Waals surface area contributed by atoms with E-state index in [1.165, 1.54) is 0 Å². The number of rotatable bonds is 4. The second kappa shape index (κ2) is 6.61. The first-order valence-corrected chi connectivity index (χ1v) is 9.00. The normalized spacial score (nSPS) is 13.7. The molecule has 4 rings (SSSR count). The fourth-order valence-electron chi connectivity index (χ4n) is 3.09. The number of aryl methyl sites for hydroxylation is 1. The molecule has 0 aliphatic heterocycles. The molecule has 1 aromatic heterocycles. The second-order valence-electron chi connectivity index (χ2n) is 6.64. The van der Waals surface area contributed by atoms with Gasteiger partial charge in [0, 0.05) is 28.1 Å². The standard InChI is InChI=1S/C21H19ClN2O2/c1-12-9-19(20(26-2)11-16(12)22)24-21(25)15-10-18(13-7-8-13)23-17-6-4-3-5-14(15)17/h3-6,9-11,13H,7-8H2,1-2H3,(H,24,25). The molecule has 1 aliphatic carbocycles. The summed E-state index contributed by atoms with van der Waals surface area (Å²) in [7, 11) is 1.56. The number of benzene rings is 2. The minimum absolute atomic E-state index is 0.175. The van der Waals surface area contributed by atoms with Gasteiger partial charge in [0.25, 0.3) is 5.91 Å². The van der Waals surface area contributed by atoms with Crippen molar-refractivity contribution in [2.24, 2.45) is 0 Å². The van der Waals surface area contributed by atoms with Gasteiger partial charge in [0.1, 0.15) is 5.75 Å². The molecule has 1 heterocycles. The van der Waals surface area contributed by atoms with Gasteiger partial charge >= 0.3 is 0 Å². The van der Waals surface area contributed by atoms with Crippen LogP contribution in [0.4, 0.5) is 5.69 Å². The number of hydrogen-bond acceptors (Lipinski definition) is 3. The van der Waals surface area contributed by atoms with Crippen molar-refractivity contribution in [3.63, 3.8) is 0 Å². The molecule has 5 heteroatoms. The van der Waals surface area contributed by atoms with Crippen molar-refractivity contribution in [2.75, 3.05) is 12.4 Å². The van der Waals surface area contributed by atoms with Crippen LogP contribution in [0.2, 0.25) is 5.02 Å². The van der Waals surface area contributed by atoms with Crippen molar-refractivity contribution in [2.45, 2.75) is 25.7 Å². The van der Waals surface area contributed by atoms with E-state index < -0.39 is 0 Å². The van der Waals surface area contributed by atoms with E-state index in [1.54, 1.807) is 13.2 Å². The number of anilines is 1. The van der Waals surface area contributed by atoms with Crippen LogP contribution in [0.5, 0.6) is 5.75 Å². The maximum Gasteiger partial charge on any atom is 0.256 e. The lowest BCUT2D eigenvalue weighted by molar-refractivity contribution is 0.102. The maximum atomic E-state index is 13.1. The number of ether oxygens (including phenoxy) is 1. The Hall–Kier alpha value is -2.59. The number of nitrogens with zero attached hydrogens (tertiary/aromatic N) is 1. The fourth-order valence-corrected chi connectivity index (χ4v) is 3.25. The van der Waals surface area contributed by atoms with Gasteiger partial charge in [0.15, 0.2) is 0 Å². The first-order chi connectivity index (χ1) is 12.6.